The van der Waals surface area contributed by atoms with Gasteiger partial charge in [0, 0.05) is 12.5 Å². The number of Topliss-reactive ketones (excluding diaryl/α,β-unsaturated/α-hetero) is 1. The van der Waals surface area contributed by atoms with Crippen molar-refractivity contribution in [2.24, 2.45) is 5.73 Å². The lowest BCUT2D eigenvalue weighted by molar-refractivity contribution is -0.125. The fraction of sp³-hybridized carbons (Fsp3) is 0.200. The first-order valence-corrected chi connectivity index (χ1v) is 7.44. The minimum Gasteiger partial charge on any atom is -0.439 e. The molecular formula is C15H14ClFN4O4. The normalized spacial score (nSPS) is 11.6. The summed E-state index contributed by atoms with van der Waals surface area (Å²) in [5, 5.41) is 8.06. The van der Waals surface area contributed by atoms with Crippen molar-refractivity contribution in [3.8, 4) is 0 Å². The van der Waals surface area contributed by atoms with E-state index in [2.05, 4.69) is 15.2 Å². The number of anilines is 1. The molecular weight excluding hydrogens is 355 g/mol. The van der Waals surface area contributed by atoms with Crippen molar-refractivity contribution in [2.45, 2.75) is 19.4 Å². The largest absolute Gasteiger partial charge is 0.439 e. The lowest BCUT2D eigenvalue weighted by Crippen LogP contribution is -2.29. The summed E-state index contributed by atoms with van der Waals surface area (Å²) in [7, 11) is 0. The molecule has 0 fully saturated rings. The van der Waals surface area contributed by atoms with Crippen LogP contribution in [0.2, 0.25) is 5.02 Å². The first-order chi connectivity index (χ1) is 11.8. The van der Waals surface area contributed by atoms with Gasteiger partial charge in [0.05, 0.1) is 10.6 Å². The van der Waals surface area contributed by atoms with Gasteiger partial charge in [-0.15, -0.1) is 0 Å². The van der Waals surface area contributed by atoms with Gasteiger partial charge in [0.2, 0.25) is 5.95 Å². The van der Waals surface area contributed by atoms with Gasteiger partial charge in [-0.2, -0.15) is 9.49 Å². The molecule has 132 valence electrons. The SMILES string of the molecule is CC(OC(N)=O)C(=O)Cc1cccc(Cl)c1C(=O)Nc1cc(F)[nH]n1. The minimum atomic E-state index is -1.08. The average molecular weight is 369 g/mol. The molecule has 1 unspecified atom stereocenters. The Morgan fingerprint density at radius 1 is 1.44 bits per heavy atom. The number of rotatable bonds is 6. The zero-order valence-electron chi connectivity index (χ0n) is 13.0. The topological polar surface area (TPSA) is 127 Å². The summed E-state index contributed by atoms with van der Waals surface area (Å²) in [5.74, 6) is -1.89. The second-order valence-electron chi connectivity index (χ2n) is 5.05. The second-order valence-corrected chi connectivity index (χ2v) is 5.46. The number of benzene rings is 1. The third-order valence-corrected chi connectivity index (χ3v) is 3.54. The van der Waals surface area contributed by atoms with Crippen LogP contribution in [0, 0.1) is 5.95 Å². The predicted molar refractivity (Wildman–Crippen MR) is 86.8 cm³/mol. The molecule has 1 heterocycles. The molecule has 0 saturated carbocycles. The number of amides is 2. The van der Waals surface area contributed by atoms with Crippen molar-refractivity contribution < 1.29 is 23.5 Å². The van der Waals surface area contributed by atoms with E-state index < -0.39 is 29.8 Å². The zero-order chi connectivity index (χ0) is 18.6. The smallest absolute Gasteiger partial charge is 0.405 e. The summed E-state index contributed by atoms with van der Waals surface area (Å²) in [6, 6.07) is 5.55. The first kappa shape index (κ1) is 18.4. The maximum atomic E-state index is 12.9. The summed E-state index contributed by atoms with van der Waals surface area (Å²) < 4.78 is 17.5. The molecule has 25 heavy (non-hydrogen) atoms. The van der Waals surface area contributed by atoms with E-state index in [1.807, 2.05) is 5.10 Å². The number of carbonyl (C=O) groups excluding carboxylic acids is 3. The first-order valence-electron chi connectivity index (χ1n) is 7.06. The van der Waals surface area contributed by atoms with E-state index in [9.17, 15) is 18.8 Å². The summed E-state index contributed by atoms with van der Waals surface area (Å²) in [5.41, 5.74) is 5.22. The van der Waals surface area contributed by atoms with Gasteiger partial charge in [-0.25, -0.2) is 4.79 Å². The third-order valence-electron chi connectivity index (χ3n) is 3.23. The molecule has 0 saturated heterocycles. The Kier molecular flexibility index (Phi) is 5.71. The van der Waals surface area contributed by atoms with Gasteiger partial charge in [-0.1, -0.05) is 23.7 Å². The fourth-order valence-corrected chi connectivity index (χ4v) is 2.36. The van der Waals surface area contributed by atoms with Crippen LogP contribution >= 0.6 is 11.6 Å². The number of aromatic amines is 1. The lowest BCUT2D eigenvalue weighted by atomic mass is 9.99. The molecule has 2 amide bonds. The van der Waals surface area contributed by atoms with Crippen LogP contribution in [-0.4, -0.2) is 34.1 Å². The van der Waals surface area contributed by atoms with Crippen molar-refractivity contribution >= 4 is 35.2 Å². The molecule has 1 atom stereocenters. The van der Waals surface area contributed by atoms with Gasteiger partial charge in [-0.05, 0) is 18.6 Å². The van der Waals surface area contributed by atoms with Gasteiger partial charge in [0.25, 0.3) is 5.91 Å². The molecule has 0 bridgehead atoms. The number of primary amides is 1. The summed E-state index contributed by atoms with van der Waals surface area (Å²) in [6.07, 6.45) is -2.37. The van der Waals surface area contributed by atoms with Gasteiger partial charge >= 0.3 is 6.09 Å². The number of carbonyl (C=O) groups is 3. The van der Waals surface area contributed by atoms with Crippen LogP contribution in [0.15, 0.2) is 24.3 Å². The summed E-state index contributed by atoms with van der Waals surface area (Å²) >= 11 is 6.06. The van der Waals surface area contributed by atoms with E-state index in [4.69, 9.17) is 17.3 Å². The number of aromatic nitrogens is 2. The molecule has 10 heteroatoms. The van der Waals surface area contributed by atoms with Crippen LogP contribution < -0.4 is 11.1 Å². The molecule has 1 aromatic carbocycles. The van der Waals surface area contributed by atoms with E-state index in [0.717, 1.165) is 6.07 Å². The van der Waals surface area contributed by atoms with Crippen LogP contribution in [0.5, 0.6) is 0 Å². The van der Waals surface area contributed by atoms with E-state index in [1.165, 1.54) is 19.1 Å². The number of nitrogens with two attached hydrogens (primary N) is 1. The molecule has 2 rings (SSSR count). The van der Waals surface area contributed by atoms with E-state index in [1.54, 1.807) is 6.07 Å². The Hall–Kier alpha value is -2.94. The summed E-state index contributed by atoms with van der Waals surface area (Å²) in [6.45, 7) is 1.36. The van der Waals surface area contributed by atoms with Crippen LogP contribution in [0.4, 0.5) is 15.0 Å². The highest BCUT2D eigenvalue weighted by Crippen LogP contribution is 2.22. The van der Waals surface area contributed by atoms with Crippen molar-refractivity contribution in [1.82, 2.24) is 10.2 Å². The Bertz CT molecular complexity index is 824. The molecule has 0 spiro atoms. The second kappa shape index (κ2) is 7.75. The number of ketones is 1. The van der Waals surface area contributed by atoms with Crippen molar-refractivity contribution in [3.05, 3.63) is 46.4 Å². The minimum absolute atomic E-state index is 0.0344. The number of hydrogen-bond acceptors (Lipinski definition) is 5. The van der Waals surface area contributed by atoms with Gasteiger partial charge < -0.3 is 15.8 Å². The highest BCUT2D eigenvalue weighted by atomic mass is 35.5. The molecule has 0 aliphatic carbocycles. The molecule has 4 N–H and O–H groups in total. The van der Waals surface area contributed by atoms with Crippen LogP contribution in [-0.2, 0) is 16.0 Å². The Morgan fingerprint density at radius 3 is 2.76 bits per heavy atom. The Morgan fingerprint density at radius 2 is 2.16 bits per heavy atom. The maximum Gasteiger partial charge on any atom is 0.405 e. The quantitative estimate of drug-likeness (QED) is 0.719. The average Bonchev–Trinajstić information content (AvgIpc) is 2.91. The van der Waals surface area contributed by atoms with Crippen molar-refractivity contribution in [2.75, 3.05) is 5.32 Å². The number of H-pyrrole nitrogens is 1. The molecule has 2 aromatic rings. The molecule has 1 aromatic heterocycles. The van der Waals surface area contributed by atoms with Crippen LogP contribution in [0.25, 0.3) is 0 Å². The third kappa shape index (κ3) is 4.77. The Balaban J connectivity index is 2.22. The lowest BCUT2D eigenvalue weighted by Gasteiger charge is -2.13. The number of hydrogen-bond donors (Lipinski definition) is 3. The molecule has 0 radical (unpaired) electrons. The van der Waals surface area contributed by atoms with Gasteiger partial charge in [-0.3, -0.25) is 14.7 Å². The monoisotopic (exact) mass is 368 g/mol. The van der Waals surface area contributed by atoms with E-state index in [-0.39, 0.29) is 22.8 Å². The zero-order valence-corrected chi connectivity index (χ0v) is 13.8. The standard InChI is InChI=1S/C15H14ClFN4O4/c1-7(25-15(18)24)10(22)5-8-3-2-4-9(16)13(8)14(23)19-12-6-11(17)20-21-12/h2-4,6-7H,5H2,1H3,(H2,18,24)(H2,19,20,21,23). The van der Waals surface area contributed by atoms with Crippen molar-refractivity contribution in [3.63, 3.8) is 0 Å². The molecule has 0 aliphatic heterocycles. The highest BCUT2D eigenvalue weighted by Gasteiger charge is 2.22. The molecule has 0 aliphatic rings. The summed E-state index contributed by atoms with van der Waals surface area (Å²) in [4.78, 5) is 35.2. The number of ether oxygens (including phenoxy) is 1. The van der Waals surface area contributed by atoms with Crippen molar-refractivity contribution in [1.29, 1.82) is 0 Å². The van der Waals surface area contributed by atoms with Gasteiger partial charge in [0.15, 0.2) is 17.7 Å². The number of nitrogens with one attached hydrogen (secondary N) is 2. The van der Waals surface area contributed by atoms with E-state index in [0.29, 0.717) is 5.56 Å². The number of nitrogens with zero attached hydrogens (tertiary/aromatic N) is 1. The highest BCUT2D eigenvalue weighted by molar-refractivity contribution is 6.34. The fourth-order valence-electron chi connectivity index (χ4n) is 2.08. The number of halogens is 2. The molecule has 8 nitrogen and oxygen atoms in total. The van der Waals surface area contributed by atoms with Crippen LogP contribution in [0.3, 0.4) is 0 Å². The Labute approximate surface area is 146 Å². The van der Waals surface area contributed by atoms with E-state index >= 15 is 0 Å². The van der Waals surface area contributed by atoms with Gasteiger partial charge in [0.1, 0.15) is 0 Å². The van der Waals surface area contributed by atoms with Crippen LogP contribution in [0.1, 0.15) is 22.8 Å². The predicted octanol–water partition coefficient (Wildman–Crippen LogP) is 2.05. The maximum absolute atomic E-state index is 12.9.